The van der Waals surface area contributed by atoms with Gasteiger partial charge in [0.1, 0.15) is 12.2 Å². The van der Waals surface area contributed by atoms with E-state index in [1.807, 2.05) is 39.0 Å². The summed E-state index contributed by atoms with van der Waals surface area (Å²) in [6.07, 6.45) is 4.90. The van der Waals surface area contributed by atoms with Gasteiger partial charge in [-0.25, -0.2) is 9.59 Å². The van der Waals surface area contributed by atoms with E-state index >= 15 is 0 Å². The van der Waals surface area contributed by atoms with E-state index in [1.54, 1.807) is 17.3 Å². The van der Waals surface area contributed by atoms with Crippen LogP contribution in [0.15, 0.2) is 30.6 Å². The summed E-state index contributed by atoms with van der Waals surface area (Å²) in [5, 5.41) is 4.06. The average molecular weight is 479 g/mol. The third-order valence-electron chi connectivity index (χ3n) is 5.80. The zero-order chi connectivity index (χ0) is 25.0. The summed E-state index contributed by atoms with van der Waals surface area (Å²) in [6, 6.07) is 5.29. The molecule has 0 atom stereocenters. The second-order valence-electron chi connectivity index (χ2n) is 9.63. The number of carbonyl (C=O) groups is 3. The van der Waals surface area contributed by atoms with E-state index in [4.69, 9.17) is 9.47 Å². The summed E-state index contributed by atoms with van der Waals surface area (Å²) < 4.78 is 11.3. The molecule has 1 N–H and O–H groups in total. The Labute approximate surface area is 204 Å². The molecule has 0 radical (unpaired) electrons. The van der Waals surface area contributed by atoms with Crippen LogP contribution in [0, 0.1) is 11.8 Å². The maximum Gasteiger partial charge on any atom is 0.410 e. The van der Waals surface area contributed by atoms with E-state index < -0.39 is 11.6 Å². The molecule has 4 rings (SSSR count). The fraction of sp³-hybridized carbons (Fsp3) is 0.462. The second kappa shape index (κ2) is 10.3. The Kier molecular flexibility index (Phi) is 7.22. The molecule has 0 saturated carbocycles. The molecule has 0 unspecified atom stereocenters. The number of hydrogen-bond acceptors (Lipinski definition) is 6. The third-order valence-corrected chi connectivity index (χ3v) is 5.80. The van der Waals surface area contributed by atoms with Crippen LogP contribution in [0.2, 0.25) is 0 Å². The molecule has 35 heavy (non-hydrogen) atoms. The lowest BCUT2D eigenvalue weighted by molar-refractivity contribution is -0.120. The van der Waals surface area contributed by atoms with E-state index in [2.05, 4.69) is 22.1 Å². The summed E-state index contributed by atoms with van der Waals surface area (Å²) in [4.78, 5) is 43.4. The summed E-state index contributed by atoms with van der Waals surface area (Å²) >= 11 is 0. The van der Waals surface area contributed by atoms with Crippen LogP contribution in [-0.4, -0.2) is 65.9 Å². The van der Waals surface area contributed by atoms with E-state index in [1.165, 1.54) is 4.90 Å². The van der Waals surface area contributed by atoms with Crippen LogP contribution in [0.4, 0.5) is 15.3 Å². The Morgan fingerprint density at radius 1 is 1.17 bits per heavy atom. The van der Waals surface area contributed by atoms with Crippen molar-refractivity contribution >= 4 is 34.5 Å². The van der Waals surface area contributed by atoms with E-state index in [0.29, 0.717) is 31.9 Å². The van der Waals surface area contributed by atoms with Crippen molar-refractivity contribution in [3.63, 3.8) is 0 Å². The number of rotatable bonds is 3. The van der Waals surface area contributed by atoms with Crippen LogP contribution in [0.1, 0.15) is 45.6 Å². The van der Waals surface area contributed by atoms with Crippen LogP contribution in [-0.2, 0) is 14.3 Å². The number of nitrogens with zero attached hydrogens (tertiary/aromatic N) is 3. The van der Waals surface area contributed by atoms with Gasteiger partial charge in [0.15, 0.2) is 0 Å². The summed E-state index contributed by atoms with van der Waals surface area (Å²) in [6.45, 7) is 7.42. The number of pyridine rings is 1. The van der Waals surface area contributed by atoms with Crippen LogP contribution in [0.3, 0.4) is 0 Å². The molecule has 0 spiro atoms. The van der Waals surface area contributed by atoms with Crippen molar-refractivity contribution < 1.29 is 23.9 Å². The zero-order valence-electron chi connectivity index (χ0n) is 20.3. The standard InChI is InChI=1S/C26H30N4O5/c1-26(2,3)35-25(33)29-11-8-20(9-12-29)34-14-4-5-18-6-7-21-19(15-18)16-27-17-22(21)30-13-10-23(31)28-24(30)32/h6-7,15-17,20H,8-14H2,1-3H3,(H,28,31,32). The van der Waals surface area contributed by atoms with Gasteiger partial charge in [0.05, 0.1) is 18.0 Å². The van der Waals surface area contributed by atoms with E-state index in [9.17, 15) is 14.4 Å². The van der Waals surface area contributed by atoms with Gasteiger partial charge in [-0.1, -0.05) is 17.9 Å². The number of imide groups is 1. The average Bonchev–Trinajstić information content (AvgIpc) is 2.81. The fourth-order valence-corrected chi connectivity index (χ4v) is 4.08. The predicted molar refractivity (Wildman–Crippen MR) is 131 cm³/mol. The number of carbonyl (C=O) groups excluding carboxylic acids is 3. The summed E-state index contributed by atoms with van der Waals surface area (Å²) in [5.74, 6) is 5.91. The van der Waals surface area contributed by atoms with Gasteiger partial charge in [0.2, 0.25) is 5.91 Å². The fourth-order valence-electron chi connectivity index (χ4n) is 4.08. The van der Waals surface area contributed by atoms with Gasteiger partial charge < -0.3 is 14.4 Å². The van der Waals surface area contributed by atoms with Gasteiger partial charge >= 0.3 is 12.1 Å². The predicted octanol–water partition coefficient (Wildman–Crippen LogP) is 3.45. The monoisotopic (exact) mass is 478 g/mol. The highest BCUT2D eigenvalue weighted by Crippen LogP contribution is 2.27. The molecule has 0 bridgehead atoms. The van der Waals surface area contributed by atoms with E-state index in [0.717, 1.165) is 29.2 Å². The molecule has 2 fully saturated rings. The number of fused-ring (bicyclic) bond motifs is 1. The SMILES string of the molecule is CC(C)(C)OC(=O)N1CCC(OCC#Cc2ccc3c(N4CCC(=O)NC4=O)cncc3c2)CC1. The summed E-state index contributed by atoms with van der Waals surface area (Å²) in [5.41, 5.74) is 0.981. The highest BCUT2D eigenvalue weighted by Gasteiger charge is 2.27. The minimum absolute atomic E-state index is 0.0638. The third kappa shape index (κ3) is 6.28. The summed E-state index contributed by atoms with van der Waals surface area (Å²) in [7, 11) is 0. The Bertz CT molecular complexity index is 1190. The maximum absolute atomic E-state index is 12.2. The van der Waals surface area contributed by atoms with Crippen LogP contribution in [0.25, 0.3) is 10.8 Å². The van der Waals surface area contributed by atoms with Crippen molar-refractivity contribution in [1.29, 1.82) is 0 Å². The van der Waals surface area contributed by atoms with Crippen LogP contribution >= 0.6 is 0 Å². The number of piperidine rings is 1. The van der Waals surface area contributed by atoms with Gasteiger partial charge in [-0.3, -0.25) is 20.0 Å². The highest BCUT2D eigenvalue weighted by molar-refractivity contribution is 6.09. The number of urea groups is 1. The zero-order valence-corrected chi connectivity index (χ0v) is 20.3. The molecule has 2 saturated heterocycles. The number of anilines is 1. The van der Waals surface area contributed by atoms with Crippen molar-refractivity contribution in [3.8, 4) is 11.8 Å². The number of likely N-dealkylation sites (tertiary alicyclic amines) is 1. The number of hydrogen-bond donors (Lipinski definition) is 1. The topological polar surface area (TPSA) is 101 Å². The Balaban J connectivity index is 1.32. The molecule has 184 valence electrons. The number of ether oxygens (including phenoxy) is 2. The number of nitrogens with one attached hydrogen (secondary N) is 1. The smallest absolute Gasteiger partial charge is 0.410 e. The molecule has 2 aliphatic heterocycles. The van der Waals surface area contributed by atoms with E-state index in [-0.39, 0.29) is 24.5 Å². The lowest BCUT2D eigenvalue weighted by atomic mass is 10.1. The Hall–Kier alpha value is -3.64. The van der Waals surface area contributed by atoms with Crippen LogP contribution in [0.5, 0.6) is 0 Å². The van der Waals surface area contributed by atoms with Crippen molar-refractivity contribution in [2.24, 2.45) is 0 Å². The molecular formula is C26H30N4O5. The molecule has 1 aromatic heterocycles. The Morgan fingerprint density at radius 2 is 1.94 bits per heavy atom. The maximum atomic E-state index is 12.2. The van der Waals surface area contributed by atoms with Crippen LogP contribution < -0.4 is 10.2 Å². The number of amides is 4. The van der Waals surface area contributed by atoms with Gasteiger partial charge in [-0.2, -0.15) is 0 Å². The molecule has 1 aromatic carbocycles. The normalized spacial score (nSPS) is 17.1. The van der Waals surface area contributed by atoms with Crippen molar-refractivity contribution in [2.75, 3.05) is 31.1 Å². The Morgan fingerprint density at radius 3 is 2.66 bits per heavy atom. The first-order valence-electron chi connectivity index (χ1n) is 11.8. The molecule has 3 heterocycles. The quantitative estimate of drug-likeness (QED) is 0.678. The molecule has 2 aromatic rings. The first-order chi connectivity index (χ1) is 16.7. The van der Waals surface area contributed by atoms with Gasteiger partial charge in [0, 0.05) is 48.6 Å². The second-order valence-corrected chi connectivity index (χ2v) is 9.63. The van der Waals surface area contributed by atoms with Crippen molar-refractivity contribution in [3.05, 3.63) is 36.2 Å². The number of benzene rings is 1. The van der Waals surface area contributed by atoms with Gasteiger partial charge in [-0.15, -0.1) is 0 Å². The molecular weight excluding hydrogens is 448 g/mol. The molecule has 4 amide bonds. The first kappa shape index (κ1) is 24.5. The van der Waals surface area contributed by atoms with Gasteiger partial charge in [-0.05, 0) is 45.7 Å². The first-order valence-corrected chi connectivity index (χ1v) is 11.8. The molecule has 9 heteroatoms. The lowest BCUT2D eigenvalue weighted by Crippen LogP contribution is -2.49. The largest absolute Gasteiger partial charge is 0.444 e. The molecule has 9 nitrogen and oxygen atoms in total. The number of aromatic nitrogens is 1. The highest BCUT2D eigenvalue weighted by atomic mass is 16.6. The minimum atomic E-state index is -0.497. The lowest BCUT2D eigenvalue weighted by Gasteiger charge is -2.33. The van der Waals surface area contributed by atoms with Crippen molar-refractivity contribution in [1.82, 2.24) is 15.2 Å². The van der Waals surface area contributed by atoms with Crippen molar-refractivity contribution in [2.45, 2.75) is 51.7 Å². The van der Waals surface area contributed by atoms with Gasteiger partial charge in [0.25, 0.3) is 0 Å². The molecule has 2 aliphatic rings. The molecule has 0 aliphatic carbocycles. The minimum Gasteiger partial charge on any atom is -0.444 e.